The van der Waals surface area contributed by atoms with E-state index in [0.29, 0.717) is 19.4 Å². The van der Waals surface area contributed by atoms with Crippen LogP contribution in [0.4, 0.5) is 0 Å². The Bertz CT molecular complexity index is 664. The highest BCUT2D eigenvalue weighted by molar-refractivity contribution is 5.97. The summed E-state index contributed by atoms with van der Waals surface area (Å²) in [6.07, 6.45) is 3.80. The lowest BCUT2D eigenvalue weighted by molar-refractivity contribution is -0.148. The van der Waals surface area contributed by atoms with Crippen molar-refractivity contribution in [1.82, 2.24) is 20.4 Å². The number of hydrogen-bond acceptors (Lipinski definition) is 5. The maximum Gasteiger partial charge on any atom is 0.248 e. The van der Waals surface area contributed by atoms with Gasteiger partial charge in [-0.15, -0.1) is 0 Å². The fourth-order valence-corrected chi connectivity index (χ4v) is 4.67. The van der Waals surface area contributed by atoms with E-state index in [0.717, 1.165) is 19.3 Å². The average molecular weight is 378 g/mol. The molecule has 0 spiro atoms. The minimum atomic E-state index is -0.625. The predicted octanol–water partition coefficient (Wildman–Crippen LogP) is -1.38. The highest BCUT2D eigenvalue weighted by Crippen LogP contribution is 2.34. The van der Waals surface area contributed by atoms with Crippen molar-refractivity contribution in [2.75, 3.05) is 26.8 Å². The zero-order valence-electron chi connectivity index (χ0n) is 15.5. The van der Waals surface area contributed by atoms with Crippen LogP contribution in [-0.2, 0) is 23.9 Å². The van der Waals surface area contributed by atoms with Crippen LogP contribution in [0.2, 0.25) is 0 Å². The number of carbonyl (C=O) groups excluding carboxylic acids is 4. The quantitative estimate of drug-likeness (QED) is 0.627. The number of carbonyl (C=O) groups is 4. The molecule has 4 amide bonds. The Kier molecular flexibility index (Phi) is 4.79. The summed E-state index contributed by atoms with van der Waals surface area (Å²) in [5.74, 6) is -0.590. The van der Waals surface area contributed by atoms with Crippen molar-refractivity contribution >= 4 is 23.6 Å². The van der Waals surface area contributed by atoms with E-state index in [-0.39, 0.29) is 54.8 Å². The van der Waals surface area contributed by atoms with Crippen LogP contribution in [0.25, 0.3) is 0 Å². The van der Waals surface area contributed by atoms with E-state index in [1.807, 2.05) is 0 Å². The first kappa shape index (κ1) is 18.2. The number of ether oxygens (including phenoxy) is 1. The molecule has 4 aliphatic rings. The van der Waals surface area contributed by atoms with Gasteiger partial charge in [-0.3, -0.25) is 19.2 Å². The summed E-state index contributed by atoms with van der Waals surface area (Å²) in [6.45, 7) is 0.722. The molecular weight excluding hydrogens is 352 g/mol. The van der Waals surface area contributed by atoms with Gasteiger partial charge >= 0.3 is 0 Å². The molecule has 9 nitrogen and oxygen atoms in total. The van der Waals surface area contributed by atoms with Crippen LogP contribution in [0.3, 0.4) is 0 Å². The molecule has 2 N–H and O–H groups in total. The van der Waals surface area contributed by atoms with Gasteiger partial charge in [-0.25, -0.2) is 0 Å². The van der Waals surface area contributed by atoms with Gasteiger partial charge in [-0.1, -0.05) is 6.42 Å². The Morgan fingerprint density at radius 3 is 2.70 bits per heavy atom. The van der Waals surface area contributed by atoms with Crippen LogP contribution in [0.15, 0.2) is 0 Å². The standard InChI is InChI=1S/C18H26N4O5/c1-27-9-14(23)19-11-7-13-16(24)20-12-5-6-21(17(25)10-3-2-4-10)15(12)18(26)22(13)8-11/h10-13,15H,2-9H2,1H3,(H,19,23)(H,20,24). The molecule has 3 heterocycles. The Labute approximate surface area is 157 Å². The van der Waals surface area contributed by atoms with Crippen LogP contribution < -0.4 is 10.6 Å². The van der Waals surface area contributed by atoms with Crippen molar-refractivity contribution in [3.8, 4) is 0 Å². The van der Waals surface area contributed by atoms with Gasteiger partial charge in [0.05, 0.1) is 6.04 Å². The Balaban J connectivity index is 1.50. The number of nitrogens with one attached hydrogen (secondary N) is 2. The van der Waals surface area contributed by atoms with E-state index >= 15 is 0 Å². The third-order valence-electron chi connectivity index (χ3n) is 6.24. The number of rotatable bonds is 4. The molecule has 0 aromatic rings. The number of hydrogen-bond donors (Lipinski definition) is 2. The van der Waals surface area contributed by atoms with Crippen molar-refractivity contribution in [2.45, 2.75) is 56.3 Å². The SMILES string of the molecule is COCC(=O)NC1CC2C(=O)NC3CCN(C(=O)C4CCC4)C3C(=O)N2C1. The van der Waals surface area contributed by atoms with Crippen LogP contribution in [0.1, 0.15) is 32.1 Å². The zero-order valence-corrected chi connectivity index (χ0v) is 15.5. The minimum absolute atomic E-state index is 0.0194. The molecule has 0 aromatic carbocycles. The van der Waals surface area contributed by atoms with Gasteiger partial charge in [0.15, 0.2) is 0 Å². The number of likely N-dealkylation sites (tertiary alicyclic amines) is 1. The van der Waals surface area contributed by atoms with E-state index in [2.05, 4.69) is 10.6 Å². The third kappa shape index (κ3) is 3.18. The number of methoxy groups -OCH3 is 1. The second-order valence-corrected chi connectivity index (χ2v) is 7.95. The Hall–Kier alpha value is -2.16. The molecule has 0 aromatic heterocycles. The topological polar surface area (TPSA) is 108 Å². The molecule has 1 saturated carbocycles. The molecule has 4 unspecified atom stereocenters. The smallest absolute Gasteiger partial charge is 0.248 e. The van der Waals surface area contributed by atoms with Crippen LogP contribution in [-0.4, -0.2) is 84.4 Å². The molecule has 4 rings (SSSR count). The summed E-state index contributed by atoms with van der Waals surface area (Å²) in [6, 6.07) is -1.83. The molecular formula is C18H26N4O5. The maximum atomic E-state index is 13.3. The van der Waals surface area contributed by atoms with Crippen molar-refractivity contribution in [2.24, 2.45) is 5.92 Å². The molecule has 0 bridgehead atoms. The molecule has 9 heteroatoms. The van der Waals surface area contributed by atoms with Crippen molar-refractivity contribution in [1.29, 1.82) is 0 Å². The van der Waals surface area contributed by atoms with E-state index in [9.17, 15) is 19.2 Å². The molecule has 4 atom stereocenters. The highest BCUT2D eigenvalue weighted by atomic mass is 16.5. The highest BCUT2D eigenvalue weighted by Gasteiger charge is 2.53. The lowest BCUT2D eigenvalue weighted by Crippen LogP contribution is -2.54. The fourth-order valence-electron chi connectivity index (χ4n) is 4.67. The molecule has 3 saturated heterocycles. The van der Waals surface area contributed by atoms with Crippen LogP contribution in [0, 0.1) is 5.92 Å². The number of fused-ring (bicyclic) bond motifs is 2. The number of amides is 4. The van der Waals surface area contributed by atoms with E-state index in [4.69, 9.17) is 4.74 Å². The molecule has 0 radical (unpaired) electrons. The summed E-state index contributed by atoms with van der Waals surface area (Å²) in [5.41, 5.74) is 0. The van der Waals surface area contributed by atoms with E-state index in [1.165, 1.54) is 7.11 Å². The lowest BCUT2D eigenvalue weighted by Gasteiger charge is -2.34. The predicted molar refractivity (Wildman–Crippen MR) is 93.3 cm³/mol. The monoisotopic (exact) mass is 378 g/mol. The zero-order chi connectivity index (χ0) is 19.1. The third-order valence-corrected chi connectivity index (χ3v) is 6.24. The van der Waals surface area contributed by atoms with Gasteiger partial charge < -0.3 is 25.2 Å². The normalized spacial score (nSPS) is 33.1. The second-order valence-electron chi connectivity index (χ2n) is 7.95. The van der Waals surface area contributed by atoms with Gasteiger partial charge in [0.2, 0.25) is 23.6 Å². The van der Waals surface area contributed by atoms with Crippen molar-refractivity contribution < 1.29 is 23.9 Å². The van der Waals surface area contributed by atoms with Gasteiger partial charge in [0, 0.05) is 32.2 Å². The fraction of sp³-hybridized carbons (Fsp3) is 0.778. The van der Waals surface area contributed by atoms with Gasteiger partial charge in [-0.2, -0.15) is 0 Å². The summed E-state index contributed by atoms with van der Waals surface area (Å²) >= 11 is 0. The maximum absolute atomic E-state index is 13.3. The lowest BCUT2D eigenvalue weighted by atomic mass is 9.84. The first-order valence-electron chi connectivity index (χ1n) is 9.69. The molecule has 27 heavy (non-hydrogen) atoms. The van der Waals surface area contributed by atoms with Crippen molar-refractivity contribution in [3.05, 3.63) is 0 Å². The largest absolute Gasteiger partial charge is 0.375 e. The van der Waals surface area contributed by atoms with Gasteiger partial charge in [0.1, 0.15) is 18.7 Å². The second kappa shape index (κ2) is 7.10. The molecule has 148 valence electrons. The molecule has 4 fully saturated rings. The van der Waals surface area contributed by atoms with Gasteiger partial charge in [0.25, 0.3) is 0 Å². The van der Waals surface area contributed by atoms with Crippen LogP contribution in [0.5, 0.6) is 0 Å². The summed E-state index contributed by atoms with van der Waals surface area (Å²) < 4.78 is 4.81. The Morgan fingerprint density at radius 1 is 1.26 bits per heavy atom. The van der Waals surface area contributed by atoms with Crippen molar-refractivity contribution in [3.63, 3.8) is 0 Å². The Morgan fingerprint density at radius 2 is 2.04 bits per heavy atom. The van der Waals surface area contributed by atoms with E-state index in [1.54, 1.807) is 9.80 Å². The van der Waals surface area contributed by atoms with E-state index < -0.39 is 12.1 Å². The first-order valence-corrected chi connectivity index (χ1v) is 9.69. The number of nitrogens with zero attached hydrogens (tertiary/aromatic N) is 2. The molecule has 1 aliphatic carbocycles. The molecule has 3 aliphatic heterocycles. The minimum Gasteiger partial charge on any atom is -0.375 e. The first-order chi connectivity index (χ1) is 13.0. The summed E-state index contributed by atoms with van der Waals surface area (Å²) in [4.78, 5) is 53.7. The van der Waals surface area contributed by atoms with Crippen LogP contribution >= 0.6 is 0 Å². The summed E-state index contributed by atoms with van der Waals surface area (Å²) in [7, 11) is 1.44. The van der Waals surface area contributed by atoms with Gasteiger partial charge in [-0.05, 0) is 25.7 Å². The summed E-state index contributed by atoms with van der Waals surface area (Å²) in [5, 5.41) is 5.78. The average Bonchev–Trinajstić information content (AvgIpc) is 3.15.